The molecule has 1 N–H and O–H groups in total. The first-order chi connectivity index (χ1) is 8.47. The fraction of sp³-hybridized carbons (Fsp3) is 0.273. The van der Waals surface area contributed by atoms with Crippen LogP contribution in [0.1, 0.15) is 0 Å². The molecule has 0 amide bonds. The number of aromatic hydroxyl groups is 1. The van der Waals surface area contributed by atoms with Crippen molar-refractivity contribution >= 4 is 24.1 Å². The summed E-state index contributed by atoms with van der Waals surface area (Å²) in [6.45, 7) is -2.19. The maximum Gasteiger partial charge on any atom is 0.618 e. The highest BCUT2D eigenvalue weighted by molar-refractivity contribution is 6.79. The molecule has 1 aromatic rings. The first-order valence-corrected chi connectivity index (χ1v) is 5.67. The molecule has 0 bridgehead atoms. The number of hydrogen-bond donors (Lipinski definition) is 1. The van der Waals surface area contributed by atoms with E-state index in [1.807, 2.05) is 0 Å². The molecule has 6 nitrogen and oxygen atoms in total. The highest BCUT2D eigenvalue weighted by Crippen LogP contribution is 2.34. The van der Waals surface area contributed by atoms with Gasteiger partial charge in [0.2, 0.25) is 0 Å². The molecule has 3 rings (SSSR count). The number of fused-ring (bicyclic) bond motifs is 1. The first-order valence-electron chi connectivity index (χ1n) is 5.67. The summed E-state index contributed by atoms with van der Waals surface area (Å²) in [6.07, 6.45) is 0. The third-order valence-electron chi connectivity index (χ3n) is 3.71. The second-order valence-corrected chi connectivity index (χ2v) is 5.01. The molecule has 0 spiro atoms. The van der Waals surface area contributed by atoms with Gasteiger partial charge in [0, 0.05) is 7.05 Å². The predicted octanol–water partition coefficient (Wildman–Crippen LogP) is -0.902. The Morgan fingerprint density at radius 3 is 2.28 bits per heavy atom. The predicted molar refractivity (Wildman–Crippen MR) is 61.6 cm³/mol. The van der Waals surface area contributed by atoms with Crippen LogP contribution in [-0.2, 0) is 18.9 Å². The van der Waals surface area contributed by atoms with Gasteiger partial charge in [0.25, 0.3) is 0 Å². The summed E-state index contributed by atoms with van der Waals surface area (Å²) < 4.78 is 10.6. The van der Waals surface area contributed by atoms with E-state index in [1.54, 1.807) is 25.2 Å². The Labute approximate surface area is 103 Å². The molecule has 1 aromatic carbocycles. The van der Waals surface area contributed by atoms with E-state index in [2.05, 4.69) is 0 Å². The normalized spacial score (nSPS) is 34.1. The van der Waals surface area contributed by atoms with Crippen LogP contribution in [0.15, 0.2) is 24.3 Å². The van der Waals surface area contributed by atoms with Gasteiger partial charge >= 0.3 is 18.6 Å². The standard InChI is InChI=1S/C11H12BNO5/c1-13-6-10(15)17-12(13,18-11(16)7-13)8-4-2-3-5-9(8)14/h2-5,14H,6-7H2,1H3. The molecule has 2 heterocycles. The molecule has 0 aliphatic carbocycles. The molecular weight excluding hydrogens is 237 g/mol. The molecule has 0 radical (unpaired) electrons. The smallest absolute Gasteiger partial charge is 0.596 e. The van der Waals surface area contributed by atoms with Crippen LogP contribution < -0.4 is 5.46 Å². The number of phenolic OH excluding ortho intramolecular Hbond substituents is 1. The van der Waals surface area contributed by atoms with Crippen molar-refractivity contribution in [3.8, 4) is 5.75 Å². The minimum Gasteiger partial charge on any atom is -0.596 e. The molecule has 0 saturated carbocycles. The second kappa shape index (κ2) is 3.26. The van der Waals surface area contributed by atoms with Crippen LogP contribution >= 0.6 is 0 Å². The number of benzene rings is 1. The number of phenols is 1. The second-order valence-electron chi connectivity index (χ2n) is 5.01. The lowest BCUT2D eigenvalue weighted by atomic mass is 9.60. The maximum atomic E-state index is 11.6. The fourth-order valence-electron chi connectivity index (χ4n) is 2.85. The van der Waals surface area contributed by atoms with Gasteiger partial charge in [-0.3, -0.25) is 9.59 Å². The zero-order valence-corrected chi connectivity index (χ0v) is 9.83. The van der Waals surface area contributed by atoms with Gasteiger partial charge in [-0.2, -0.15) is 0 Å². The fourth-order valence-corrected chi connectivity index (χ4v) is 2.85. The average molecular weight is 249 g/mol. The number of likely N-dealkylation sites (N-methyl/N-ethyl adjacent to an activating group) is 1. The summed E-state index contributed by atoms with van der Waals surface area (Å²) in [7, 11) is 1.72. The van der Waals surface area contributed by atoms with Crippen molar-refractivity contribution in [1.29, 1.82) is 0 Å². The molecule has 0 atom stereocenters. The maximum absolute atomic E-state index is 11.6. The van der Waals surface area contributed by atoms with Crippen molar-refractivity contribution in [1.82, 2.24) is 0 Å². The minimum atomic E-state index is -2.32. The lowest BCUT2D eigenvalue weighted by Crippen LogP contribution is -2.67. The SMILES string of the molecule is C[N+]12CC(=O)O[B-]1(c1ccccc1O)OC(=O)C2. The largest absolute Gasteiger partial charge is 0.618 e. The highest BCUT2D eigenvalue weighted by atomic mass is 16.7. The number of carbonyl (C=O) groups is 2. The van der Waals surface area contributed by atoms with Crippen LogP contribution in [0.3, 0.4) is 0 Å². The van der Waals surface area contributed by atoms with Crippen molar-refractivity contribution in [3.05, 3.63) is 24.3 Å². The monoisotopic (exact) mass is 249 g/mol. The van der Waals surface area contributed by atoms with Crippen LogP contribution in [0.5, 0.6) is 5.75 Å². The number of rotatable bonds is 1. The van der Waals surface area contributed by atoms with E-state index in [0.29, 0.717) is 5.46 Å². The van der Waals surface area contributed by atoms with E-state index < -0.39 is 18.6 Å². The Morgan fingerprint density at radius 2 is 1.72 bits per heavy atom. The zero-order valence-electron chi connectivity index (χ0n) is 9.83. The summed E-state index contributed by atoms with van der Waals surface area (Å²) in [4.78, 5) is 23.1. The van der Waals surface area contributed by atoms with E-state index in [1.165, 1.54) is 6.07 Å². The summed E-state index contributed by atoms with van der Waals surface area (Å²) in [5.41, 5.74) is 0.358. The number of hydrogen-bond acceptors (Lipinski definition) is 5. The molecule has 0 unspecified atom stereocenters. The topological polar surface area (TPSA) is 72.8 Å². The lowest BCUT2D eigenvalue weighted by molar-refractivity contribution is -0.791. The van der Waals surface area contributed by atoms with Gasteiger partial charge in [0.15, 0.2) is 0 Å². The van der Waals surface area contributed by atoms with Gasteiger partial charge < -0.3 is 18.8 Å². The van der Waals surface area contributed by atoms with Crippen molar-refractivity contribution in [2.24, 2.45) is 0 Å². The molecule has 2 aliphatic rings. The van der Waals surface area contributed by atoms with Gasteiger partial charge in [-0.15, -0.1) is 0 Å². The Morgan fingerprint density at radius 1 is 1.17 bits per heavy atom. The summed E-state index contributed by atoms with van der Waals surface area (Å²) in [6, 6.07) is 6.45. The first kappa shape index (κ1) is 11.1. The lowest BCUT2D eigenvalue weighted by Gasteiger charge is -2.40. The van der Waals surface area contributed by atoms with Gasteiger partial charge in [-0.1, -0.05) is 18.2 Å². The van der Waals surface area contributed by atoms with Crippen LogP contribution in [0.2, 0.25) is 0 Å². The molecule has 18 heavy (non-hydrogen) atoms. The molecule has 2 saturated heterocycles. The van der Waals surface area contributed by atoms with Crippen LogP contribution in [-0.4, -0.2) is 48.3 Å². The van der Waals surface area contributed by atoms with Crippen molar-refractivity contribution in [2.75, 3.05) is 20.1 Å². The van der Waals surface area contributed by atoms with Crippen molar-refractivity contribution < 1.29 is 28.4 Å². The third kappa shape index (κ3) is 1.22. The molecule has 2 fully saturated rings. The molecule has 7 heteroatoms. The Bertz CT molecular complexity index is 538. The number of nitrogens with zero attached hydrogens (tertiary/aromatic N) is 1. The Balaban J connectivity index is 2.20. The van der Waals surface area contributed by atoms with Gasteiger partial charge in [0.1, 0.15) is 13.1 Å². The number of quaternary nitrogens is 1. The van der Waals surface area contributed by atoms with E-state index >= 15 is 0 Å². The van der Waals surface area contributed by atoms with Crippen LogP contribution in [0.4, 0.5) is 0 Å². The Kier molecular flexibility index (Phi) is 2.01. The molecule has 94 valence electrons. The third-order valence-corrected chi connectivity index (χ3v) is 3.71. The van der Waals surface area contributed by atoms with Crippen LogP contribution in [0.25, 0.3) is 0 Å². The van der Waals surface area contributed by atoms with E-state index in [0.717, 1.165) is 0 Å². The van der Waals surface area contributed by atoms with Crippen LogP contribution in [0, 0.1) is 0 Å². The summed E-state index contributed by atoms with van der Waals surface area (Å²) in [5, 5.41) is 9.92. The number of para-hydroxylation sites is 1. The average Bonchev–Trinajstić information content (AvgIpc) is 2.63. The van der Waals surface area contributed by atoms with Crippen molar-refractivity contribution in [3.63, 3.8) is 0 Å². The Hall–Kier alpha value is -2.02. The van der Waals surface area contributed by atoms with E-state index in [4.69, 9.17) is 9.31 Å². The van der Waals surface area contributed by atoms with Gasteiger partial charge in [-0.25, -0.2) is 0 Å². The molecule has 0 aromatic heterocycles. The molecular formula is C11H12BNO5. The number of carbonyl (C=O) groups excluding carboxylic acids is 2. The summed E-state index contributed by atoms with van der Waals surface area (Å²) in [5.74, 6) is -0.882. The summed E-state index contributed by atoms with van der Waals surface area (Å²) >= 11 is 0. The highest BCUT2D eigenvalue weighted by Gasteiger charge is 2.66. The molecule has 2 aliphatic heterocycles. The van der Waals surface area contributed by atoms with Crippen molar-refractivity contribution in [2.45, 2.75) is 0 Å². The van der Waals surface area contributed by atoms with Gasteiger partial charge in [-0.05, 0) is 11.5 Å². The van der Waals surface area contributed by atoms with E-state index in [-0.39, 0.29) is 23.2 Å². The van der Waals surface area contributed by atoms with E-state index in [9.17, 15) is 14.7 Å². The zero-order chi connectivity index (χ0) is 13.0. The van der Waals surface area contributed by atoms with Gasteiger partial charge in [0.05, 0.1) is 5.75 Å². The minimum absolute atomic E-state index is 0.0359. The quantitative estimate of drug-likeness (QED) is 0.653.